The summed E-state index contributed by atoms with van der Waals surface area (Å²) in [6.45, 7) is 6.93. The van der Waals surface area contributed by atoms with Crippen molar-refractivity contribution in [2.45, 2.75) is 59.8 Å². The molecule has 76 valence electrons. The number of nitrogens with one attached hydrogen (secondary N) is 1. The number of hydrogen-bond donors (Lipinski definition) is 1. The Hall–Kier alpha value is -0.0400. The maximum absolute atomic E-state index is 3.46. The quantitative estimate of drug-likeness (QED) is 0.553. The highest BCUT2D eigenvalue weighted by Gasteiger charge is 1.86. The summed E-state index contributed by atoms with van der Waals surface area (Å²) in [5, 5.41) is 3.46. The van der Waals surface area contributed by atoms with Crippen LogP contribution in [0.2, 0.25) is 0 Å². The molecule has 0 aromatic rings. The Labute approximate surface area is 78.9 Å². The third kappa shape index (κ3) is 12.6. The molecule has 0 fully saturated rings. The minimum absolute atomic E-state index is 0. The largest absolute Gasteiger partial charge is 0.317 e. The molecule has 0 aliphatic rings. The second kappa shape index (κ2) is 13.5. The zero-order valence-electron chi connectivity index (χ0n) is 8.16. The van der Waals surface area contributed by atoms with Crippen LogP contribution in [0.5, 0.6) is 0 Å². The average Bonchev–Trinajstić information content (AvgIpc) is 2.03. The van der Waals surface area contributed by atoms with Crippen LogP contribution >= 0.6 is 0 Å². The summed E-state index contributed by atoms with van der Waals surface area (Å²) in [4.78, 5) is 0. The van der Waals surface area contributed by atoms with Crippen LogP contribution in [0.15, 0.2) is 0 Å². The Kier molecular flexibility index (Phi) is 16.3. The van der Waals surface area contributed by atoms with Crippen molar-refractivity contribution in [2.75, 3.05) is 13.1 Å². The zero-order valence-corrected chi connectivity index (χ0v) is 8.16. The first-order valence-electron chi connectivity index (χ1n) is 5.12. The Morgan fingerprint density at radius 2 is 1.17 bits per heavy atom. The molecule has 0 spiro atoms. The topological polar surface area (TPSA) is 12.0 Å². The molecular formula is C11H27N. The fraction of sp³-hybridized carbons (Fsp3) is 1.00. The highest BCUT2D eigenvalue weighted by Crippen LogP contribution is 1.93. The maximum Gasteiger partial charge on any atom is -0.00489 e. The van der Waals surface area contributed by atoms with E-state index in [1.165, 1.54) is 51.6 Å². The van der Waals surface area contributed by atoms with E-state index in [4.69, 9.17) is 0 Å². The van der Waals surface area contributed by atoms with E-state index >= 15 is 0 Å². The molecule has 0 atom stereocenters. The van der Waals surface area contributed by atoms with Crippen molar-refractivity contribution in [1.29, 1.82) is 0 Å². The van der Waals surface area contributed by atoms with E-state index in [0.29, 0.717) is 0 Å². The Morgan fingerprint density at radius 1 is 0.750 bits per heavy atom. The van der Waals surface area contributed by atoms with Gasteiger partial charge in [0.15, 0.2) is 0 Å². The predicted octanol–water partition coefficient (Wildman–Crippen LogP) is 3.59. The van der Waals surface area contributed by atoms with E-state index in [0.717, 1.165) is 0 Å². The molecule has 0 aromatic heterocycles. The summed E-state index contributed by atoms with van der Waals surface area (Å²) in [6, 6.07) is 0. The summed E-state index contributed by atoms with van der Waals surface area (Å²) in [6.07, 6.45) is 8.11. The number of rotatable bonds is 8. The summed E-state index contributed by atoms with van der Waals surface area (Å²) in [5.41, 5.74) is 0. The molecule has 1 heteroatoms. The first kappa shape index (κ1) is 14.5. The molecule has 0 aromatic carbocycles. The maximum atomic E-state index is 3.46. The van der Waals surface area contributed by atoms with Gasteiger partial charge in [0.25, 0.3) is 0 Å². The minimum atomic E-state index is 0. The second-order valence-corrected chi connectivity index (χ2v) is 3.16. The lowest BCUT2D eigenvalue weighted by molar-refractivity contribution is 0.583. The van der Waals surface area contributed by atoms with Crippen LogP contribution in [0, 0.1) is 0 Å². The summed E-state index contributed by atoms with van der Waals surface area (Å²) >= 11 is 0. The SMILES string of the molecule is C.CCCCCNCCCCC. The van der Waals surface area contributed by atoms with Gasteiger partial charge in [0.05, 0.1) is 0 Å². The Bertz CT molecular complexity index is 54.0. The van der Waals surface area contributed by atoms with E-state index < -0.39 is 0 Å². The van der Waals surface area contributed by atoms with Crippen molar-refractivity contribution in [3.8, 4) is 0 Å². The van der Waals surface area contributed by atoms with E-state index in [1.54, 1.807) is 0 Å². The third-order valence-electron chi connectivity index (χ3n) is 1.91. The van der Waals surface area contributed by atoms with Crippen LogP contribution < -0.4 is 5.32 Å². The highest BCUT2D eigenvalue weighted by molar-refractivity contribution is 4.48. The first-order chi connectivity index (χ1) is 5.41. The lowest BCUT2D eigenvalue weighted by atomic mass is 10.2. The standard InChI is InChI=1S/C10H23N.CH4/c1-3-5-7-9-11-10-8-6-4-2;/h11H,3-10H2,1-2H3;1H4. The zero-order chi connectivity index (χ0) is 8.36. The molecule has 0 radical (unpaired) electrons. The molecule has 1 nitrogen and oxygen atoms in total. The molecule has 0 saturated heterocycles. The van der Waals surface area contributed by atoms with Crippen LogP contribution in [0.4, 0.5) is 0 Å². The van der Waals surface area contributed by atoms with Crippen LogP contribution in [-0.2, 0) is 0 Å². The fourth-order valence-electron chi connectivity index (χ4n) is 1.12. The van der Waals surface area contributed by atoms with E-state index in [1.807, 2.05) is 0 Å². The van der Waals surface area contributed by atoms with Crippen LogP contribution in [0.3, 0.4) is 0 Å². The third-order valence-corrected chi connectivity index (χ3v) is 1.91. The Balaban J connectivity index is 0. The van der Waals surface area contributed by atoms with Crippen molar-refractivity contribution < 1.29 is 0 Å². The van der Waals surface area contributed by atoms with Gasteiger partial charge in [0.1, 0.15) is 0 Å². The van der Waals surface area contributed by atoms with Crippen molar-refractivity contribution in [2.24, 2.45) is 0 Å². The van der Waals surface area contributed by atoms with Crippen LogP contribution in [0.1, 0.15) is 59.8 Å². The van der Waals surface area contributed by atoms with Gasteiger partial charge in [-0.05, 0) is 25.9 Å². The molecule has 12 heavy (non-hydrogen) atoms. The van der Waals surface area contributed by atoms with Gasteiger partial charge < -0.3 is 5.32 Å². The van der Waals surface area contributed by atoms with Crippen molar-refractivity contribution >= 4 is 0 Å². The lowest BCUT2D eigenvalue weighted by Crippen LogP contribution is -2.16. The predicted molar refractivity (Wildman–Crippen MR) is 58.7 cm³/mol. The average molecular weight is 173 g/mol. The number of unbranched alkanes of at least 4 members (excludes halogenated alkanes) is 4. The first-order valence-corrected chi connectivity index (χ1v) is 5.12. The Morgan fingerprint density at radius 3 is 1.50 bits per heavy atom. The van der Waals surface area contributed by atoms with Gasteiger partial charge >= 0.3 is 0 Å². The fourth-order valence-corrected chi connectivity index (χ4v) is 1.12. The minimum Gasteiger partial charge on any atom is -0.317 e. The monoisotopic (exact) mass is 173 g/mol. The molecular weight excluding hydrogens is 146 g/mol. The van der Waals surface area contributed by atoms with Crippen molar-refractivity contribution in [3.63, 3.8) is 0 Å². The van der Waals surface area contributed by atoms with Gasteiger partial charge in [0, 0.05) is 0 Å². The van der Waals surface area contributed by atoms with Gasteiger partial charge in [-0.15, -0.1) is 0 Å². The highest BCUT2D eigenvalue weighted by atomic mass is 14.8. The lowest BCUT2D eigenvalue weighted by Gasteiger charge is -2.02. The molecule has 0 aliphatic heterocycles. The molecule has 0 unspecified atom stereocenters. The molecule has 0 rings (SSSR count). The van der Waals surface area contributed by atoms with Crippen LogP contribution in [-0.4, -0.2) is 13.1 Å². The van der Waals surface area contributed by atoms with Gasteiger partial charge in [-0.2, -0.15) is 0 Å². The van der Waals surface area contributed by atoms with E-state index in [9.17, 15) is 0 Å². The van der Waals surface area contributed by atoms with E-state index in [2.05, 4.69) is 19.2 Å². The number of hydrogen-bond acceptors (Lipinski definition) is 1. The molecule has 0 aliphatic carbocycles. The summed E-state index contributed by atoms with van der Waals surface area (Å²) < 4.78 is 0. The van der Waals surface area contributed by atoms with Gasteiger partial charge in [-0.25, -0.2) is 0 Å². The van der Waals surface area contributed by atoms with Crippen molar-refractivity contribution in [1.82, 2.24) is 5.32 Å². The van der Waals surface area contributed by atoms with Gasteiger partial charge in [0.2, 0.25) is 0 Å². The van der Waals surface area contributed by atoms with Crippen molar-refractivity contribution in [3.05, 3.63) is 0 Å². The molecule has 0 heterocycles. The molecule has 1 N–H and O–H groups in total. The summed E-state index contributed by atoms with van der Waals surface area (Å²) in [7, 11) is 0. The van der Waals surface area contributed by atoms with Gasteiger partial charge in [-0.3, -0.25) is 0 Å². The van der Waals surface area contributed by atoms with Gasteiger partial charge in [-0.1, -0.05) is 47.0 Å². The molecule has 0 saturated carbocycles. The normalized spacial score (nSPS) is 9.50. The summed E-state index contributed by atoms with van der Waals surface area (Å²) in [5.74, 6) is 0. The smallest absolute Gasteiger partial charge is 0.00489 e. The van der Waals surface area contributed by atoms with E-state index in [-0.39, 0.29) is 7.43 Å². The van der Waals surface area contributed by atoms with Crippen LogP contribution in [0.25, 0.3) is 0 Å². The second-order valence-electron chi connectivity index (χ2n) is 3.16. The molecule has 0 bridgehead atoms. The molecule has 0 amide bonds.